The van der Waals surface area contributed by atoms with Crippen LogP contribution in [-0.2, 0) is 4.57 Å². The van der Waals surface area contributed by atoms with Crippen LogP contribution in [0.4, 0.5) is 0 Å². The minimum absolute atomic E-state index is 0.0356. The first kappa shape index (κ1) is 19.5. The highest BCUT2D eigenvalue weighted by Crippen LogP contribution is 2.35. The molecule has 1 atom stereocenters. The van der Waals surface area contributed by atoms with Gasteiger partial charge in [0.05, 0.1) is 5.66 Å². The molecule has 25 heavy (non-hydrogen) atoms. The molecule has 0 fully saturated rings. The molecule has 2 aromatic rings. The van der Waals surface area contributed by atoms with E-state index >= 15 is 0 Å². The number of unbranched alkanes of at least 4 members (excludes halogenated alkanes) is 3. The molecule has 2 rings (SSSR count). The van der Waals surface area contributed by atoms with Gasteiger partial charge in [-0.25, -0.2) is 0 Å². The summed E-state index contributed by atoms with van der Waals surface area (Å²) in [5.41, 5.74) is 4.22. The number of rotatable bonds is 9. The van der Waals surface area contributed by atoms with Gasteiger partial charge in [-0.15, -0.1) is 0 Å². The predicted octanol–water partition coefficient (Wildman–Crippen LogP) is 6.84. The van der Waals surface area contributed by atoms with E-state index in [0.717, 1.165) is 41.5 Å². The fraction of sp³-hybridized carbons (Fsp3) is 0.409. The third kappa shape index (κ3) is 4.86. The molecule has 0 aliphatic carbocycles. The molecule has 0 bridgehead atoms. The third-order valence-corrected chi connectivity index (χ3v) is 5.52. The number of ketones is 1. The molecule has 2 nitrogen and oxygen atoms in total. The Labute approximate surface area is 152 Å². The molecular formula is C22H27O2P. The molecule has 0 spiro atoms. The topological polar surface area (TPSA) is 34.1 Å². The zero-order valence-electron chi connectivity index (χ0n) is 15.4. The van der Waals surface area contributed by atoms with Gasteiger partial charge in [0.1, 0.15) is 0 Å². The van der Waals surface area contributed by atoms with Crippen LogP contribution in [0.3, 0.4) is 0 Å². The number of hydrogen-bond donors (Lipinski definition) is 0. The summed E-state index contributed by atoms with van der Waals surface area (Å²) in [6.45, 7) is 6.12. The molecule has 2 aromatic carbocycles. The maximum atomic E-state index is 13.2. The second-order valence-corrected chi connectivity index (χ2v) is 7.49. The number of hydrogen-bond acceptors (Lipinski definition) is 2. The highest BCUT2D eigenvalue weighted by atomic mass is 31.1. The van der Waals surface area contributed by atoms with Crippen molar-refractivity contribution in [3.05, 3.63) is 70.3 Å². The lowest BCUT2D eigenvalue weighted by Crippen LogP contribution is -2.10. The van der Waals surface area contributed by atoms with Crippen LogP contribution in [0.2, 0.25) is 0 Å². The minimum atomic E-state index is -0.110. The third-order valence-electron chi connectivity index (χ3n) is 4.73. The van der Waals surface area contributed by atoms with E-state index in [1.165, 1.54) is 12.8 Å². The van der Waals surface area contributed by atoms with Gasteiger partial charge >= 0.3 is 0 Å². The first-order valence-corrected chi connectivity index (χ1v) is 10.0. The lowest BCUT2D eigenvalue weighted by molar-refractivity contribution is 0.103. The molecule has 0 N–H and O–H groups in total. The van der Waals surface area contributed by atoms with Crippen LogP contribution in [0.5, 0.6) is 0 Å². The Balaban J connectivity index is 2.33. The van der Waals surface area contributed by atoms with Crippen molar-refractivity contribution in [2.45, 2.75) is 58.5 Å². The van der Waals surface area contributed by atoms with E-state index in [1.54, 1.807) is 0 Å². The summed E-state index contributed by atoms with van der Waals surface area (Å²) in [6, 6.07) is 13.6. The van der Waals surface area contributed by atoms with Crippen molar-refractivity contribution in [1.82, 2.24) is 0 Å². The van der Waals surface area contributed by atoms with Crippen LogP contribution >= 0.6 is 8.46 Å². The molecule has 0 saturated carbocycles. The molecule has 0 aliphatic heterocycles. The highest BCUT2D eigenvalue weighted by Gasteiger charge is 2.22. The second-order valence-electron chi connectivity index (χ2n) is 6.65. The van der Waals surface area contributed by atoms with Crippen molar-refractivity contribution in [2.24, 2.45) is 0 Å². The summed E-state index contributed by atoms with van der Waals surface area (Å²) < 4.78 is 11.8. The molecule has 0 aliphatic rings. The van der Waals surface area contributed by atoms with E-state index in [1.807, 2.05) is 56.3 Å². The maximum Gasteiger partial charge on any atom is 0.193 e. The van der Waals surface area contributed by atoms with Gasteiger partial charge in [-0.05, 0) is 37.0 Å². The van der Waals surface area contributed by atoms with Gasteiger partial charge in [0.15, 0.2) is 14.2 Å². The Bertz CT molecular complexity index is 716. The van der Waals surface area contributed by atoms with E-state index in [0.29, 0.717) is 5.56 Å². The van der Waals surface area contributed by atoms with Gasteiger partial charge < -0.3 is 0 Å². The Morgan fingerprint density at radius 1 is 0.960 bits per heavy atom. The Morgan fingerprint density at radius 3 is 2.28 bits per heavy atom. The maximum absolute atomic E-state index is 13.2. The van der Waals surface area contributed by atoms with E-state index in [-0.39, 0.29) is 19.9 Å². The van der Waals surface area contributed by atoms with Gasteiger partial charge in [0.2, 0.25) is 0 Å². The van der Waals surface area contributed by atoms with Crippen molar-refractivity contribution < 1.29 is 9.36 Å². The number of aryl methyl sites for hydroxylation is 2. The summed E-state index contributed by atoms with van der Waals surface area (Å²) in [6.07, 6.45) is 5.42. The van der Waals surface area contributed by atoms with Crippen molar-refractivity contribution in [3.63, 3.8) is 0 Å². The number of carbonyl (C=O) groups excluding carboxylic acids is 1. The van der Waals surface area contributed by atoms with Crippen molar-refractivity contribution >= 4 is 14.2 Å². The molecule has 3 heteroatoms. The summed E-state index contributed by atoms with van der Waals surface area (Å²) in [4.78, 5) is 13.2. The fourth-order valence-electron chi connectivity index (χ4n) is 3.33. The first-order chi connectivity index (χ1) is 12.1. The van der Waals surface area contributed by atoms with Gasteiger partial charge in [0, 0.05) is 11.1 Å². The van der Waals surface area contributed by atoms with Crippen molar-refractivity contribution in [3.8, 4) is 0 Å². The molecule has 0 amide bonds. The van der Waals surface area contributed by atoms with Crippen molar-refractivity contribution in [1.29, 1.82) is 0 Å². The zero-order chi connectivity index (χ0) is 18.2. The molecule has 1 unspecified atom stereocenters. The fourth-order valence-corrected chi connectivity index (χ4v) is 3.96. The van der Waals surface area contributed by atoms with E-state index in [9.17, 15) is 9.36 Å². The average molecular weight is 354 g/mol. The summed E-state index contributed by atoms with van der Waals surface area (Å²) >= 11 is 0. The van der Waals surface area contributed by atoms with Gasteiger partial charge in [-0.1, -0.05) is 75.1 Å². The minimum Gasteiger partial charge on any atom is -0.289 e. The molecular weight excluding hydrogens is 327 g/mol. The van der Waals surface area contributed by atoms with Crippen molar-refractivity contribution in [2.75, 3.05) is 0 Å². The van der Waals surface area contributed by atoms with Crippen LogP contribution in [-0.4, -0.2) is 5.78 Å². The monoisotopic (exact) mass is 354 g/mol. The normalized spacial score (nSPS) is 12.3. The average Bonchev–Trinajstić information content (AvgIpc) is 2.62. The number of carbonyl (C=O) groups is 1. The smallest absolute Gasteiger partial charge is 0.193 e. The Morgan fingerprint density at radius 2 is 1.64 bits per heavy atom. The van der Waals surface area contributed by atoms with Crippen LogP contribution in [0.1, 0.15) is 77.3 Å². The quantitative estimate of drug-likeness (QED) is 0.281. The lowest BCUT2D eigenvalue weighted by atomic mass is 9.90. The van der Waals surface area contributed by atoms with E-state index in [2.05, 4.69) is 6.92 Å². The van der Waals surface area contributed by atoms with Crippen LogP contribution in [0.15, 0.2) is 42.5 Å². The molecule has 0 aromatic heterocycles. The zero-order valence-corrected chi connectivity index (χ0v) is 16.3. The predicted molar refractivity (Wildman–Crippen MR) is 105 cm³/mol. The number of benzene rings is 2. The highest BCUT2D eigenvalue weighted by molar-refractivity contribution is 7.24. The van der Waals surface area contributed by atoms with E-state index in [4.69, 9.17) is 0 Å². The lowest BCUT2D eigenvalue weighted by Gasteiger charge is -2.16. The Hall–Kier alpha value is -1.79. The standard InChI is InChI=1S/C22H27O2P/c1-4-5-6-7-15-20(25-24)18-13-8-9-14-19(18)22(23)21-16(2)11-10-12-17(21)3/h8-14,20H,4-7,15H2,1-3H3. The van der Waals surface area contributed by atoms with E-state index < -0.39 is 0 Å². The first-order valence-electron chi connectivity index (χ1n) is 9.12. The SMILES string of the molecule is CCCCCCC(P=O)c1ccccc1C(=O)c1c(C)cccc1C. The van der Waals surface area contributed by atoms with Crippen LogP contribution in [0.25, 0.3) is 0 Å². The Kier molecular flexibility index (Phi) is 7.52. The summed E-state index contributed by atoms with van der Waals surface area (Å²) in [5, 5.41) is 0. The summed E-state index contributed by atoms with van der Waals surface area (Å²) in [5.74, 6) is 0.0356. The molecule has 0 saturated heterocycles. The largest absolute Gasteiger partial charge is 0.289 e. The second kappa shape index (κ2) is 9.63. The summed E-state index contributed by atoms with van der Waals surface area (Å²) in [7, 11) is 0.0957. The van der Waals surface area contributed by atoms with Crippen LogP contribution in [0, 0.1) is 13.8 Å². The molecule has 0 heterocycles. The van der Waals surface area contributed by atoms with Crippen LogP contribution < -0.4 is 0 Å². The van der Waals surface area contributed by atoms with Gasteiger partial charge in [-0.2, -0.15) is 0 Å². The van der Waals surface area contributed by atoms with Gasteiger partial charge in [0.25, 0.3) is 0 Å². The van der Waals surface area contributed by atoms with Gasteiger partial charge in [-0.3, -0.25) is 9.36 Å². The molecule has 0 radical (unpaired) electrons. The molecule has 132 valence electrons.